The molecule has 0 bridgehead atoms. The van der Waals surface area contributed by atoms with E-state index in [0.717, 1.165) is 36.8 Å². The summed E-state index contributed by atoms with van der Waals surface area (Å²) in [6.45, 7) is 1.82. The summed E-state index contributed by atoms with van der Waals surface area (Å²) in [5.41, 5.74) is 1.68. The predicted molar refractivity (Wildman–Crippen MR) is 117 cm³/mol. The van der Waals surface area contributed by atoms with Gasteiger partial charge in [-0.3, -0.25) is 4.79 Å². The molecule has 3 rings (SSSR count). The number of nitrogens with one attached hydrogen (secondary N) is 2. The molecule has 2 aromatic rings. The summed E-state index contributed by atoms with van der Waals surface area (Å²) in [5, 5.41) is 3.06. The summed E-state index contributed by atoms with van der Waals surface area (Å²) < 4.78 is 34.3. The largest absolute Gasteiger partial charge is 0.495 e. The SMILES string of the molecule is COc1ccc(C)cc1S(=O)(=O)NC(Cc1ccccc1)C(=O)NC1CCCCC1. The van der Waals surface area contributed by atoms with Crippen molar-refractivity contribution in [3.05, 3.63) is 59.7 Å². The molecular formula is C23H30N2O4S. The van der Waals surface area contributed by atoms with Crippen LogP contribution >= 0.6 is 0 Å². The third kappa shape index (κ3) is 5.83. The van der Waals surface area contributed by atoms with Gasteiger partial charge in [-0.1, -0.05) is 55.7 Å². The van der Waals surface area contributed by atoms with E-state index < -0.39 is 16.1 Å². The fourth-order valence-electron chi connectivity index (χ4n) is 3.83. The average Bonchev–Trinajstić information content (AvgIpc) is 2.74. The molecule has 6 nitrogen and oxygen atoms in total. The van der Waals surface area contributed by atoms with E-state index >= 15 is 0 Å². The Morgan fingerprint density at radius 2 is 1.80 bits per heavy atom. The van der Waals surface area contributed by atoms with E-state index in [9.17, 15) is 13.2 Å². The number of carbonyl (C=O) groups is 1. The van der Waals surface area contributed by atoms with Crippen molar-refractivity contribution in [3.8, 4) is 5.75 Å². The number of ether oxygens (including phenoxy) is 1. The van der Waals surface area contributed by atoms with E-state index in [1.165, 1.54) is 13.5 Å². The van der Waals surface area contributed by atoms with Gasteiger partial charge in [0.05, 0.1) is 7.11 Å². The number of hydrogen-bond donors (Lipinski definition) is 2. The normalized spacial score (nSPS) is 16.1. The fraction of sp³-hybridized carbons (Fsp3) is 0.435. The van der Waals surface area contributed by atoms with Gasteiger partial charge in [-0.25, -0.2) is 8.42 Å². The maximum absolute atomic E-state index is 13.2. The Bertz CT molecular complexity index is 954. The molecule has 1 atom stereocenters. The maximum atomic E-state index is 13.2. The first-order chi connectivity index (χ1) is 14.4. The van der Waals surface area contributed by atoms with Crippen LogP contribution in [0.15, 0.2) is 53.4 Å². The zero-order valence-corrected chi connectivity index (χ0v) is 18.4. The number of rotatable bonds is 8. The standard InChI is InChI=1S/C23H30N2O4S/c1-17-13-14-21(29-2)22(15-17)30(27,28)25-20(16-18-9-5-3-6-10-18)23(26)24-19-11-7-4-8-12-19/h3,5-6,9-10,13-15,19-20,25H,4,7-8,11-12,16H2,1-2H3,(H,24,26). The number of benzene rings is 2. The molecule has 0 aliphatic heterocycles. The highest BCUT2D eigenvalue weighted by Gasteiger charge is 2.29. The number of carbonyl (C=O) groups excluding carboxylic acids is 1. The quantitative estimate of drug-likeness (QED) is 0.673. The van der Waals surface area contributed by atoms with Crippen LogP contribution in [0.25, 0.3) is 0 Å². The Labute approximate surface area is 179 Å². The monoisotopic (exact) mass is 430 g/mol. The van der Waals surface area contributed by atoms with Crippen LogP contribution in [0.1, 0.15) is 43.2 Å². The van der Waals surface area contributed by atoms with Gasteiger partial charge in [0.1, 0.15) is 16.7 Å². The smallest absolute Gasteiger partial charge is 0.244 e. The van der Waals surface area contributed by atoms with Gasteiger partial charge in [0.25, 0.3) is 0 Å². The minimum atomic E-state index is -3.97. The van der Waals surface area contributed by atoms with E-state index in [-0.39, 0.29) is 29.0 Å². The van der Waals surface area contributed by atoms with Crippen molar-refractivity contribution in [2.45, 2.75) is 62.4 Å². The van der Waals surface area contributed by atoms with Gasteiger partial charge >= 0.3 is 0 Å². The second-order valence-electron chi connectivity index (χ2n) is 7.86. The topological polar surface area (TPSA) is 84.5 Å². The lowest BCUT2D eigenvalue weighted by molar-refractivity contribution is -0.123. The van der Waals surface area contributed by atoms with Crippen LogP contribution in [0.5, 0.6) is 5.75 Å². The first kappa shape index (κ1) is 22.3. The van der Waals surface area contributed by atoms with Crippen LogP contribution in [-0.2, 0) is 21.2 Å². The van der Waals surface area contributed by atoms with Crippen molar-refractivity contribution >= 4 is 15.9 Å². The molecule has 2 aromatic carbocycles. The van der Waals surface area contributed by atoms with Gasteiger partial charge in [-0.2, -0.15) is 4.72 Å². The Hall–Kier alpha value is -2.38. The lowest BCUT2D eigenvalue weighted by atomic mass is 9.95. The van der Waals surface area contributed by atoms with Crippen LogP contribution in [0, 0.1) is 6.92 Å². The van der Waals surface area contributed by atoms with E-state index in [0.29, 0.717) is 0 Å². The summed E-state index contributed by atoms with van der Waals surface area (Å²) in [6.07, 6.45) is 5.48. The molecule has 0 spiro atoms. The minimum Gasteiger partial charge on any atom is -0.495 e. The number of hydrogen-bond acceptors (Lipinski definition) is 4. The predicted octanol–water partition coefficient (Wildman–Crippen LogP) is 3.34. The number of sulfonamides is 1. The maximum Gasteiger partial charge on any atom is 0.244 e. The average molecular weight is 431 g/mol. The lowest BCUT2D eigenvalue weighted by Crippen LogP contribution is -2.51. The molecule has 1 unspecified atom stereocenters. The second-order valence-corrected chi connectivity index (χ2v) is 9.54. The highest BCUT2D eigenvalue weighted by atomic mass is 32.2. The zero-order chi connectivity index (χ0) is 21.6. The highest BCUT2D eigenvalue weighted by Crippen LogP contribution is 2.25. The Balaban J connectivity index is 1.85. The van der Waals surface area contributed by atoms with E-state index in [1.54, 1.807) is 18.2 Å². The second kappa shape index (κ2) is 10.1. The Kier molecular flexibility index (Phi) is 7.50. The van der Waals surface area contributed by atoms with Gasteiger partial charge < -0.3 is 10.1 Å². The van der Waals surface area contributed by atoms with Crippen LogP contribution in [0.3, 0.4) is 0 Å². The zero-order valence-electron chi connectivity index (χ0n) is 17.6. The molecule has 1 amide bonds. The van der Waals surface area contributed by atoms with Crippen molar-refractivity contribution in [2.75, 3.05) is 7.11 Å². The van der Waals surface area contributed by atoms with Crippen LogP contribution < -0.4 is 14.8 Å². The number of methoxy groups -OCH3 is 1. The highest BCUT2D eigenvalue weighted by molar-refractivity contribution is 7.89. The molecular weight excluding hydrogens is 400 g/mol. The number of aryl methyl sites for hydroxylation is 1. The van der Waals surface area contributed by atoms with Crippen molar-refractivity contribution in [1.29, 1.82) is 0 Å². The van der Waals surface area contributed by atoms with Crippen molar-refractivity contribution in [2.24, 2.45) is 0 Å². The van der Waals surface area contributed by atoms with Gasteiger partial charge in [0.15, 0.2) is 0 Å². The van der Waals surface area contributed by atoms with Crippen LogP contribution in [-0.4, -0.2) is 33.5 Å². The summed E-state index contributed by atoms with van der Waals surface area (Å²) in [7, 11) is -2.54. The molecule has 0 aromatic heterocycles. The van der Waals surface area contributed by atoms with Crippen LogP contribution in [0.2, 0.25) is 0 Å². The molecule has 0 heterocycles. The third-order valence-corrected chi connectivity index (χ3v) is 6.95. The Morgan fingerprint density at radius 3 is 2.47 bits per heavy atom. The first-order valence-corrected chi connectivity index (χ1v) is 11.9. The van der Waals surface area contributed by atoms with Gasteiger partial charge in [0.2, 0.25) is 15.9 Å². The van der Waals surface area contributed by atoms with Crippen molar-refractivity contribution in [1.82, 2.24) is 10.0 Å². The molecule has 2 N–H and O–H groups in total. The summed E-state index contributed by atoms with van der Waals surface area (Å²) in [4.78, 5) is 13.1. The lowest BCUT2D eigenvalue weighted by Gasteiger charge is -2.26. The molecule has 0 radical (unpaired) electrons. The van der Waals surface area contributed by atoms with Crippen LogP contribution in [0.4, 0.5) is 0 Å². The molecule has 1 fully saturated rings. The number of amides is 1. The molecule has 162 valence electrons. The molecule has 30 heavy (non-hydrogen) atoms. The van der Waals surface area contributed by atoms with Crippen molar-refractivity contribution in [3.63, 3.8) is 0 Å². The summed E-state index contributed by atoms with van der Waals surface area (Å²) >= 11 is 0. The summed E-state index contributed by atoms with van der Waals surface area (Å²) in [6, 6.07) is 13.6. The van der Waals surface area contributed by atoms with Crippen molar-refractivity contribution < 1.29 is 17.9 Å². The Morgan fingerprint density at radius 1 is 1.10 bits per heavy atom. The first-order valence-electron chi connectivity index (χ1n) is 10.4. The van der Waals surface area contributed by atoms with E-state index in [1.807, 2.05) is 37.3 Å². The van der Waals surface area contributed by atoms with E-state index in [4.69, 9.17) is 4.74 Å². The molecule has 0 saturated heterocycles. The van der Waals surface area contributed by atoms with Gasteiger partial charge in [0, 0.05) is 6.04 Å². The third-order valence-electron chi connectivity index (χ3n) is 5.46. The fourth-order valence-corrected chi connectivity index (χ4v) is 5.28. The molecule has 1 saturated carbocycles. The molecule has 1 aliphatic carbocycles. The minimum absolute atomic E-state index is 0.0357. The van der Waals surface area contributed by atoms with Gasteiger partial charge in [-0.05, 0) is 49.4 Å². The van der Waals surface area contributed by atoms with Gasteiger partial charge in [-0.15, -0.1) is 0 Å². The molecule has 7 heteroatoms. The summed E-state index contributed by atoms with van der Waals surface area (Å²) in [5.74, 6) is -0.0415. The van der Waals surface area contributed by atoms with E-state index in [2.05, 4.69) is 10.0 Å². The molecule has 1 aliphatic rings.